The maximum atomic E-state index is 5.80. The van der Waals surface area contributed by atoms with Crippen LogP contribution in [0, 0.1) is 13.8 Å². The number of hydrogen-bond acceptors (Lipinski definition) is 4. The fourth-order valence-electron chi connectivity index (χ4n) is 11.4. The second kappa shape index (κ2) is 26.4. The summed E-state index contributed by atoms with van der Waals surface area (Å²) < 4.78 is 2.79. The molecular weight excluding hydrogens is 935 g/mol. The molecule has 0 saturated heterocycles. The van der Waals surface area contributed by atoms with E-state index in [0.717, 1.165) is 57.5 Å². The maximum Gasteiger partial charge on any atom is 0.0988 e. The summed E-state index contributed by atoms with van der Waals surface area (Å²) in [5, 5.41) is 2.76. The molecule has 0 aliphatic heterocycles. The molecule has 0 saturated carbocycles. The van der Waals surface area contributed by atoms with E-state index in [9.17, 15) is 0 Å². The van der Waals surface area contributed by atoms with Crippen molar-refractivity contribution in [2.45, 2.75) is 189 Å². The molecule has 3 nitrogen and oxygen atoms in total. The van der Waals surface area contributed by atoms with E-state index in [2.05, 4.69) is 167 Å². The minimum atomic E-state index is 0.485. The Balaban J connectivity index is 1.14. The first kappa shape index (κ1) is 53.5. The van der Waals surface area contributed by atoms with Gasteiger partial charge in [0.15, 0.2) is 0 Å². The molecule has 0 radical (unpaired) electrons. The second-order valence-corrected chi connectivity index (χ2v) is 23.9. The molecule has 386 valence electrons. The van der Waals surface area contributed by atoms with Crippen LogP contribution in [0.1, 0.15) is 184 Å². The standard InChI is InChI=1S/C69H83N3S2/c1-7-11-15-17-19-23-27-56(28-24-20-18-16-12-8-2)72-61-47-49(5)29-40-57(61)58-41-39-55(48-62(58)72)63-45-46-65(74-63)60-43-42-59(64-44-30-50(6)73-64)68-69(60)71-67(54-37-33-52(34-38-54)26-22-14-10-4)66(70-68)53-35-31-51(32-36-53)25-21-13-9-3/h29-48,56H,7-28H2,1-6H3. The van der Waals surface area contributed by atoms with Crippen molar-refractivity contribution >= 4 is 55.5 Å². The van der Waals surface area contributed by atoms with Gasteiger partial charge in [-0.1, -0.05) is 215 Å². The highest BCUT2D eigenvalue weighted by molar-refractivity contribution is 7.19. The molecule has 9 rings (SSSR count). The number of aromatic nitrogens is 3. The van der Waals surface area contributed by atoms with Crippen LogP contribution in [0.2, 0.25) is 0 Å². The summed E-state index contributed by atoms with van der Waals surface area (Å²) >= 11 is 3.72. The van der Waals surface area contributed by atoms with E-state index in [1.165, 1.54) is 192 Å². The van der Waals surface area contributed by atoms with Crippen molar-refractivity contribution in [1.82, 2.24) is 14.5 Å². The van der Waals surface area contributed by atoms with Gasteiger partial charge in [-0.25, -0.2) is 9.97 Å². The van der Waals surface area contributed by atoms with E-state index in [4.69, 9.17) is 9.97 Å². The largest absolute Gasteiger partial charge is 0.337 e. The Kier molecular flexibility index (Phi) is 19.1. The first-order valence-electron chi connectivity index (χ1n) is 29.1. The Morgan fingerprint density at radius 3 is 1.38 bits per heavy atom. The third-order valence-electron chi connectivity index (χ3n) is 15.7. The Morgan fingerprint density at radius 1 is 0.405 bits per heavy atom. The zero-order valence-electron chi connectivity index (χ0n) is 45.8. The molecule has 0 aliphatic carbocycles. The lowest BCUT2D eigenvalue weighted by molar-refractivity contribution is 0.410. The number of benzene rings is 5. The highest BCUT2D eigenvalue weighted by Crippen LogP contribution is 2.45. The molecule has 4 aromatic heterocycles. The molecule has 0 unspecified atom stereocenters. The van der Waals surface area contributed by atoms with E-state index in [0.29, 0.717) is 6.04 Å². The Morgan fingerprint density at radius 2 is 0.851 bits per heavy atom. The molecule has 0 amide bonds. The van der Waals surface area contributed by atoms with Crippen molar-refractivity contribution in [3.8, 4) is 53.8 Å². The van der Waals surface area contributed by atoms with Crippen molar-refractivity contribution in [2.24, 2.45) is 0 Å². The monoisotopic (exact) mass is 1020 g/mol. The molecule has 0 atom stereocenters. The van der Waals surface area contributed by atoms with Gasteiger partial charge in [-0.2, -0.15) is 0 Å². The quantitative estimate of drug-likeness (QED) is 0.0458. The van der Waals surface area contributed by atoms with Crippen LogP contribution < -0.4 is 0 Å². The SMILES string of the molecule is CCCCCCCCC(CCCCCCCC)n1c2cc(C)ccc2c2ccc(-c3ccc(-c4ccc(-c5ccc(C)s5)c5nc(-c6ccc(CCCCC)cc6)c(-c6ccc(CCCCC)cc6)nc45)s3)cc21. The minimum absolute atomic E-state index is 0.485. The molecule has 9 aromatic rings. The minimum Gasteiger partial charge on any atom is -0.337 e. The average molecular weight is 1020 g/mol. The topological polar surface area (TPSA) is 30.7 Å². The van der Waals surface area contributed by atoms with Gasteiger partial charge in [0, 0.05) is 64.1 Å². The van der Waals surface area contributed by atoms with Gasteiger partial charge in [-0.3, -0.25) is 0 Å². The summed E-state index contributed by atoms with van der Waals surface area (Å²) in [6, 6.07) is 47.2. The lowest BCUT2D eigenvalue weighted by Gasteiger charge is -2.22. The van der Waals surface area contributed by atoms with Gasteiger partial charge >= 0.3 is 0 Å². The van der Waals surface area contributed by atoms with Crippen molar-refractivity contribution in [2.75, 3.05) is 0 Å². The molecule has 0 spiro atoms. The fraction of sp³-hybridized carbons (Fsp3) is 0.420. The summed E-state index contributed by atoms with van der Waals surface area (Å²) in [6.45, 7) is 13.7. The Labute approximate surface area is 452 Å². The van der Waals surface area contributed by atoms with Crippen LogP contribution in [-0.4, -0.2) is 14.5 Å². The second-order valence-electron chi connectivity index (χ2n) is 21.6. The smallest absolute Gasteiger partial charge is 0.0988 e. The summed E-state index contributed by atoms with van der Waals surface area (Å²) in [5.41, 5.74) is 16.5. The van der Waals surface area contributed by atoms with Crippen LogP contribution in [0.25, 0.3) is 86.7 Å². The predicted molar refractivity (Wildman–Crippen MR) is 326 cm³/mol. The van der Waals surface area contributed by atoms with Crippen LogP contribution in [0.3, 0.4) is 0 Å². The predicted octanol–water partition coefficient (Wildman–Crippen LogP) is 22.3. The third-order valence-corrected chi connectivity index (χ3v) is 17.9. The normalized spacial score (nSPS) is 11.9. The number of unbranched alkanes of at least 4 members (excludes halogenated alkanes) is 14. The van der Waals surface area contributed by atoms with E-state index >= 15 is 0 Å². The average Bonchev–Trinajstić information content (AvgIpc) is 4.18. The van der Waals surface area contributed by atoms with Gasteiger partial charge in [0.05, 0.1) is 27.9 Å². The number of nitrogens with zero attached hydrogens (tertiary/aromatic N) is 3. The first-order chi connectivity index (χ1) is 36.4. The lowest BCUT2D eigenvalue weighted by atomic mass is 9.98. The Hall–Kier alpha value is -5.36. The van der Waals surface area contributed by atoms with E-state index in [1.54, 1.807) is 0 Å². The van der Waals surface area contributed by atoms with E-state index in [-0.39, 0.29) is 0 Å². The molecule has 5 aromatic carbocycles. The van der Waals surface area contributed by atoms with E-state index < -0.39 is 0 Å². The molecule has 5 heteroatoms. The van der Waals surface area contributed by atoms with Gasteiger partial charge < -0.3 is 4.57 Å². The van der Waals surface area contributed by atoms with E-state index in [1.807, 2.05) is 22.7 Å². The van der Waals surface area contributed by atoms with Gasteiger partial charge in [0.25, 0.3) is 0 Å². The molecule has 0 N–H and O–H groups in total. The molecule has 4 heterocycles. The van der Waals surface area contributed by atoms with Gasteiger partial charge in [0.2, 0.25) is 0 Å². The first-order valence-corrected chi connectivity index (χ1v) is 30.8. The molecule has 74 heavy (non-hydrogen) atoms. The van der Waals surface area contributed by atoms with Gasteiger partial charge in [0.1, 0.15) is 0 Å². The van der Waals surface area contributed by atoms with Crippen LogP contribution in [0.5, 0.6) is 0 Å². The highest BCUT2D eigenvalue weighted by Gasteiger charge is 2.23. The lowest BCUT2D eigenvalue weighted by Crippen LogP contribution is -2.09. The highest BCUT2D eigenvalue weighted by atomic mass is 32.1. The van der Waals surface area contributed by atoms with Crippen LogP contribution in [-0.2, 0) is 12.8 Å². The van der Waals surface area contributed by atoms with Crippen LogP contribution >= 0.6 is 22.7 Å². The number of rotatable bonds is 28. The maximum absolute atomic E-state index is 5.80. The summed E-state index contributed by atoms with van der Waals surface area (Å²) in [5.74, 6) is 0. The summed E-state index contributed by atoms with van der Waals surface area (Å²) in [7, 11) is 0. The molecular formula is C69H83N3S2. The van der Waals surface area contributed by atoms with Crippen molar-refractivity contribution in [3.63, 3.8) is 0 Å². The number of thiophene rings is 2. The van der Waals surface area contributed by atoms with Crippen molar-refractivity contribution in [3.05, 3.63) is 143 Å². The van der Waals surface area contributed by atoms with Crippen molar-refractivity contribution in [1.29, 1.82) is 0 Å². The van der Waals surface area contributed by atoms with Gasteiger partial charge in [-0.15, -0.1) is 22.7 Å². The van der Waals surface area contributed by atoms with Crippen LogP contribution in [0.4, 0.5) is 0 Å². The number of fused-ring (bicyclic) bond motifs is 4. The summed E-state index contributed by atoms with van der Waals surface area (Å²) in [4.78, 5) is 16.6. The summed E-state index contributed by atoms with van der Waals surface area (Å²) in [6.07, 6.45) is 28.1. The number of hydrogen-bond donors (Lipinski definition) is 0. The Bertz CT molecular complexity index is 3180. The van der Waals surface area contributed by atoms with Crippen molar-refractivity contribution < 1.29 is 0 Å². The fourth-order valence-corrected chi connectivity index (χ4v) is 13.3. The van der Waals surface area contributed by atoms with Gasteiger partial charge in [-0.05, 0) is 111 Å². The molecule has 0 fully saturated rings. The zero-order valence-corrected chi connectivity index (χ0v) is 47.5. The zero-order chi connectivity index (χ0) is 51.2. The molecule has 0 bridgehead atoms. The number of aryl methyl sites for hydroxylation is 4. The molecule has 0 aliphatic rings. The van der Waals surface area contributed by atoms with Crippen LogP contribution in [0.15, 0.2) is 121 Å². The third kappa shape index (κ3) is 12.8.